The molecule has 0 unspecified atom stereocenters. The molecule has 0 aliphatic heterocycles. The number of thiazole rings is 1. The van der Waals surface area contributed by atoms with Crippen molar-refractivity contribution in [3.8, 4) is 0 Å². The van der Waals surface area contributed by atoms with Gasteiger partial charge in [0.05, 0.1) is 16.1 Å². The number of carboxylic acid groups (broad SMARTS) is 1. The Bertz CT molecular complexity index is 405. The minimum Gasteiger partial charge on any atom is -0.481 e. The zero-order valence-electron chi connectivity index (χ0n) is 10.4. The van der Waals surface area contributed by atoms with Gasteiger partial charge in [-0.3, -0.25) is 4.79 Å². The van der Waals surface area contributed by atoms with Crippen LogP contribution in [0.2, 0.25) is 0 Å². The smallest absolute Gasteiger partial charge is 0.309 e. The summed E-state index contributed by atoms with van der Waals surface area (Å²) in [5.74, 6) is -0.130. The minimum absolute atomic E-state index is 0.519. The van der Waals surface area contributed by atoms with Crippen molar-refractivity contribution < 1.29 is 9.90 Å². The number of nitrogens with zero attached hydrogens (tertiary/aromatic N) is 1. The fourth-order valence-corrected chi connectivity index (χ4v) is 3.28. The average Bonchev–Trinajstić information content (AvgIpc) is 2.85. The van der Waals surface area contributed by atoms with Crippen molar-refractivity contribution in [2.75, 3.05) is 0 Å². The molecule has 1 aliphatic rings. The number of hydrogen-bond acceptors (Lipinski definition) is 3. The number of carboxylic acids is 1. The minimum atomic E-state index is -0.757. The molecule has 1 heterocycles. The summed E-state index contributed by atoms with van der Waals surface area (Å²) in [4.78, 5) is 15.7. The molecule has 0 amide bonds. The summed E-state index contributed by atoms with van der Waals surface area (Å²) in [5, 5.41) is 12.3. The number of aliphatic carboxylic acids is 1. The summed E-state index contributed by atoms with van der Waals surface area (Å²) in [6, 6.07) is 0. The molecule has 1 aromatic heterocycles. The van der Waals surface area contributed by atoms with Gasteiger partial charge in [-0.15, -0.1) is 11.3 Å². The van der Waals surface area contributed by atoms with Crippen LogP contribution in [0, 0.1) is 5.41 Å². The molecule has 2 rings (SSSR count). The van der Waals surface area contributed by atoms with Crippen LogP contribution >= 0.6 is 11.3 Å². The predicted octanol–water partition coefficient (Wildman–Crippen LogP) is 3.45. The lowest BCUT2D eigenvalue weighted by Gasteiger charge is -2.17. The van der Waals surface area contributed by atoms with E-state index in [1.165, 1.54) is 30.7 Å². The van der Waals surface area contributed by atoms with Crippen LogP contribution in [0.1, 0.15) is 56.2 Å². The lowest BCUT2D eigenvalue weighted by Crippen LogP contribution is -2.26. The molecule has 4 heteroatoms. The topological polar surface area (TPSA) is 50.2 Å². The molecule has 1 aromatic rings. The van der Waals surface area contributed by atoms with Crippen molar-refractivity contribution in [3.05, 3.63) is 16.1 Å². The molecule has 1 N–H and O–H groups in total. The van der Waals surface area contributed by atoms with E-state index in [0.29, 0.717) is 12.3 Å². The van der Waals surface area contributed by atoms with Crippen molar-refractivity contribution in [1.82, 2.24) is 4.98 Å². The molecule has 1 aliphatic carbocycles. The Morgan fingerprint density at radius 2 is 2.18 bits per heavy atom. The SMILES string of the molecule is CC(C)(Cc1csc(C2CCCC2)n1)C(=O)O. The van der Waals surface area contributed by atoms with Gasteiger partial charge in [-0.25, -0.2) is 4.98 Å². The molecule has 1 saturated carbocycles. The van der Waals surface area contributed by atoms with E-state index in [4.69, 9.17) is 5.11 Å². The van der Waals surface area contributed by atoms with Crippen molar-refractivity contribution in [1.29, 1.82) is 0 Å². The molecule has 0 atom stereocenters. The normalized spacial score (nSPS) is 17.5. The third-order valence-corrected chi connectivity index (χ3v) is 4.53. The molecule has 0 radical (unpaired) electrons. The monoisotopic (exact) mass is 253 g/mol. The molecule has 17 heavy (non-hydrogen) atoms. The summed E-state index contributed by atoms with van der Waals surface area (Å²) in [5.41, 5.74) is 0.213. The van der Waals surface area contributed by atoms with Crippen LogP contribution < -0.4 is 0 Å². The molecule has 0 saturated heterocycles. The molecule has 94 valence electrons. The molecular formula is C13H19NO2S. The molecule has 0 aromatic carbocycles. The van der Waals surface area contributed by atoms with Gasteiger partial charge < -0.3 is 5.11 Å². The van der Waals surface area contributed by atoms with Crippen molar-refractivity contribution in [2.45, 2.75) is 51.9 Å². The Morgan fingerprint density at radius 1 is 1.53 bits per heavy atom. The highest BCUT2D eigenvalue weighted by Crippen LogP contribution is 2.36. The van der Waals surface area contributed by atoms with Crippen LogP contribution in [0.4, 0.5) is 0 Å². The van der Waals surface area contributed by atoms with Gasteiger partial charge >= 0.3 is 5.97 Å². The standard InChI is InChI=1S/C13H19NO2S/c1-13(2,12(15)16)7-10-8-17-11(14-10)9-5-3-4-6-9/h8-9H,3-7H2,1-2H3,(H,15,16). The Kier molecular flexibility index (Phi) is 3.52. The lowest BCUT2D eigenvalue weighted by molar-refractivity contribution is -0.146. The van der Waals surface area contributed by atoms with Crippen molar-refractivity contribution in [3.63, 3.8) is 0 Å². The highest BCUT2D eigenvalue weighted by Gasteiger charge is 2.29. The quantitative estimate of drug-likeness (QED) is 0.894. The van der Waals surface area contributed by atoms with Crippen molar-refractivity contribution >= 4 is 17.3 Å². The molecule has 3 nitrogen and oxygen atoms in total. The second-order valence-electron chi connectivity index (χ2n) is 5.52. The number of aromatic nitrogens is 1. The fourth-order valence-electron chi connectivity index (χ4n) is 2.29. The molecule has 0 spiro atoms. The van der Waals surface area contributed by atoms with Gasteiger partial charge in [0.25, 0.3) is 0 Å². The number of carbonyl (C=O) groups is 1. The predicted molar refractivity (Wildman–Crippen MR) is 68.4 cm³/mol. The van der Waals surface area contributed by atoms with E-state index < -0.39 is 11.4 Å². The van der Waals surface area contributed by atoms with Crippen LogP contribution in [-0.4, -0.2) is 16.1 Å². The summed E-state index contributed by atoms with van der Waals surface area (Å²) in [6.07, 6.45) is 5.62. The third kappa shape index (κ3) is 2.86. The molecular weight excluding hydrogens is 234 g/mol. The van der Waals surface area contributed by atoms with E-state index in [1.54, 1.807) is 25.2 Å². The second-order valence-corrected chi connectivity index (χ2v) is 6.41. The van der Waals surface area contributed by atoms with Crippen LogP contribution in [0.15, 0.2) is 5.38 Å². The van der Waals surface area contributed by atoms with Crippen LogP contribution in [0.5, 0.6) is 0 Å². The lowest BCUT2D eigenvalue weighted by atomic mass is 9.88. The first kappa shape index (κ1) is 12.6. The first-order valence-electron chi connectivity index (χ1n) is 6.17. The zero-order chi connectivity index (χ0) is 12.5. The van der Waals surface area contributed by atoms with Crippen LogP contribution in [-0.2, 0) is 11.2 Å². The van der Waals surface area contributed by atoms with Crippen LogP contribution in [0.25, 0.3) is 0 Å². The van der Waals surface area contributed by atoms with E-state index >= 15 is 0 Å². The van der Waals surface area contributed by atoms with Gasteiger partial charge in [-0.1, -0.05) is 12.8 Å². The second kappa shape index (κ2) is 4.77. The number of hydrogen-bond donors (Lipinski definition) is 1. The highest BCUT2D eigenvalue weighted by molar-refractivity contribution is 7.09. The largest absolute Gasteiger partial charge is 0.481 e. The van der Waals surface area contributed by atoms with Crippen LogP contribution in [0.3, 0.4) is 0 Å². The Hall–Kier alpha value is -0.900. The first-order chi connectivity index (χ1) is 7.99. The first-order valence-corrected chi connectivity index (χ1v) is 7.05. The Balaban J connectivity index is 2.05. The van der Waals surface area contributed by atoms with Gasteiger partial charge in [0.2, 0.25) is 0 Å². The summed E-state index contributed by atoms with van der Waals surface area (Å²) >= 11 is 1.70. The third-order valence-electron chi connectivity index (χ3n) is 3.48. The fraction of sp³-hybridized carbons (Fsp3) is 0.692. The highest BCUT2D eigenvalue weighted by atomic mass is 32.1. The molecule has 1 fully saturated rings. The van der Waals surface area contributed by atoms with E-state index in [9.17, 15) is 4.79 Å². The average molecular weight is 253 g/mol. The van der Waals surface area contributed by atoms with Gasteiger partial charge in [-0.05, 0) is 26.7 Å². The zero-order valence-corrected chi connectivity index (χ0v) is 11.2. The summed E-state index contributed by atoms with van der Waals surface area (Å²) in [6.45, 7) is 3.51. The van der Waals surface area contributed by atoms with Gasteiger partial charge in [0.1, 0.15) is 0 Å². The van der Waals surface area contributed by atoms with E-state index in [1.807, 2.05) is 5.38 Å². The Morgan fingerprint density at radius 3 is 2.76 bits per heavy atom. The maximum absolute atomic E-state index is 11.1. The maximum atomic E-state index is 11.1. The van der Waals surface area contributed by atoms with Gasteiger partial charge in [-0.2, -0.15) is 0 Å². The van der Waals surface area contributed by atoms with E-state index in [2.05, 4.69) is 4.98 Å². The summed E-state index contributed by atoms with van der Waals surface area (Å²) in [7, 11) is 0. The van der Waals surface area contributed by atoms with E-state index in [0.717, 1.165) is 5.69 Å². The Labute approximate surface area is 106 Å². The maximum Gasteiger partial charge on any atom is 0.309 e. The number of rotatable bonds is 4. The van der Waals surface area contributed by atoms with Gasteiger partial charge in [0, 0.05) is 17.7 Å². The molecule has 0 bridgehead atoms. The van der Waals surface area contributed by atoms with Gasteiger partial charge in [0.15, 0.2) is 0 Å². The summed E-state index contributed by atoms with van der Waals surface area (Å²) < 4.78 is 0. The van der Waals surface area contributed by atoms with Crippen molar-refractivity contribution in [2.24, 2.45) is 5.41 Å². The van der Waals surface area contributed by atoms with E-state index in [-0.39, 0.29) is 0 Å².